The average Bonchev–Trinajstić information content (AvgIpc) is 3.28. The number of anilines is 1. The number of rotatable bonds is 7. The second-order valence-corrected chi connectivity index (χ2v) is 8.11. The van der Waals surface area contributed by atoms with E-state index in [1.54, 1.807) is 6.92 Å². The monoisotopic (exact) mass is 453 g/mol. The molecule has 0 bridgehead atoms. The van der Waals surface area contributed by atoms with Crippen molar-refractivity contribution in [2.45, 2.75) is 6.92 Å². The lowest BCUT2D eigenvalue weighted by Gasteiger charge is -2.11. The summed E-state index contributed by atoms with van der Waals surface area (Å²) in [4.78, 5) is 26.3. The maximum absolute atomic E-state index is 13.5. The predicted octanol–water partition coefficient (Wildman–Crippen LogP) is 6.77. The second kappa shape index (κ2) is 10.6. The van der Waals surface area contributed by atoms with Gasteiger partial charge in [-0.1, -0.05) is 91.0 Å². The third kappa shape index (κ3) is 5.27. The highest BCUT2D eigenvalue weighted by Crippen LogP contribution is 2.37. The number of thiophene rings is 1. The number of carbonyl (C=O) groups excluding carboxylic acids is 2. The molecule has 33 heavy (non-hydrogen) atoms. The van der Waals surface area contributed by atoms with Gasteiger partial charge >= 0.3 is 5.97 Å². The Morgan fingerprint density at radius 2 is 1.48 bits per heavy atom. The molecule has 5 heteroatoms. The Hall–Kier alpha value is -3.96. The van der Waals surface area contributed by atoms with E-state index in [1.165, 1.54) is 11.3 Å². The van der Waals surface area contributed by atoms with E-state index in [1.807, 2.05) is 102 Å². The third-order valence-corrected chi connectivity index (χ3v) is 5.92. The lowest BCUT2D eigenvalue weighted by molar-refractivity contribution is -0.111. The molecule has 0 fully saturated rings. The molecule has 0 atom stereocenters. The van der Waals surface area contributed by atoms with E-state index >= 15 is 0 Å². The SMILES string of the molecule is CCOC(=O)c1c(-c2ccccc2)csc1NC(=O)/C(=C/c1ccccc1)c1ccccc1. The van der Waals surface area contributed by atoms with Gasteiger partial charge < -0.3 is 10.1 Å². The minimum Gasteiger partial charge on any atom is -0.462 e. The number of hydrogen-bond acceptors (Lipinski definition) is 4. The van der Waals surface area contributed by atoms with Crippen molar-refractivity contribution in [3.63, 3.8) is 0 Å². The van der Waals surface area contributed by atoms with Crippen LogP contribution < -0.4 is 5.32 Å². The average molecular weight is 454 g/mol. The summed E-state index contributed by atoms with van der Waals surface area (Å²) in [5.41, 5.74) is 4.20. The van der Waals surface area contributed by atoms with Gasteiger partial charge in [0, 0.05) is 16.5 Å². The summed E-state index contributed by atoms with van der Waals surface area (Å²) < 4.78 is 5.31. The molecule has 0 unspecified atom stereocenters. The Balaban J connectivity index is 1.74. The van der Waals surface area contributed by atoms with Gasteiger partial charge in [0.1, 0.15) is 10.6 Å². The van der Waals surface area contributed by atoms with Gasteiger partial charge in [0.05, 0.1) is 6.61 Å². The van der Waals surface area contributed by atoms with E-state index in [-0.39, 0.29) is 12.5 Å². The first-order valence-corrected chi connectivity index (χ1v) is 11.5. The molecule has 1 aromatic heterocycles. The minimum absolute atomic E-state index is 0.249. The fourth-order valence-electron chi connectivity index (χ4n) is 3.47. The quantitative estimate of drug-likeness (QED) is 0.191. The van der Waals surface area contributed by atoms with Crippen molar-refractivity contribution >= 4 is 39.9 Å². The summed E-state index contributed by atoms with van der Waals surface area (Å²) in [6, 6.07) is 28.8. The maximum Gasteiger partial charge on any atom is 0.341 e. The molecule has 0 spiro atoms. The Morgan fingerprint density at radius 3 is 2.12 bits per heavy atom. The van der Waals surface area contributed by atoms with Crippen LogP contribution >= 0.6 is 11.3 Å². The van der Waals surface area contributed by atoms with Crippen molar-refractivity contribution in [2.75, 3.05) is 11.9 Å². The molecule has 1 amide bonds. The van der Waals surface area contributed by atoms with Crippen LogP contribution in [0.4, 0.5) is 5.00 Å². The van der Waals surface area contributed by atoms with E-state index in [9.17, 15) is 9.59 Å². The second-order valence-electron chi connectivity index (χ2n) is 7.23. The van der Waals surface area contributed by atoms with Crippen LogP contribution in [0.3, 0.4) is 0 Å². The van der Waals surface area contributed by atoms with Crippen LogP contribution in [0.1, 0.15) is 28.4 Å². The first-order valence-electron chi connectivity index (χ1n) is 10.6. The van der Waals surface area contributed by atoms with Crippen LogP contribution in [-0.2, 0) is 9.53 Å². The number of hydrogen-bond donors (Lipinski definition) is 1. The standard InChI is InChI=1S/C28H23NO3S/c1-2-32-28(31)25-24(22-16-10-5-11-17-22)19-33-27(25)29-26(30)23(21-14-8-4-9-15-21)18-20-12-6-3-7-13-20/h3-19H,2H2,1H3,(H,29,30)/b23-18+. The zero-order chi connectivity index (χ0) is 23.0. The van der Waals surface area contributed by atoms with Gasteiger partial charge in [-0.25, -0.2) is 4.79 Å². The molecule has 0 radical (unpaired) electrons. The molecule has 1 heterocycles. The van der Waals surface area contributed by atoms with Crippen LogP contribution in [-0.4, -0.2) is 18.5 Å². The summed E-state index contributed by atoms with van der Waals surface area (Å²) in [5, 5.41) is 5.31. The molecule has 4 rings (SSSR count). The molecular formula is C28H23NO3S. The first kappa shape index (κ1) is 22.2. The highest BCUT2D eigenvalue weighted by Gasteiger charge is 2.24. The number of amides is 1. The Labute approximate surface area is 197 Å². The third-order valence-electron chi connectivity index (χ3n) is 5.02. The Bertz CT molecular complexity index is 1260. The summed E-state index contributed by atoms with van der Waals surface area (Å²) >= 11 is 1.31. The molecule has 164 valence electrons. The molecule has 0 aliphatic carbocycles. The lowest BCUT2D eigenvalue weighted by Crippen LogP contribution is -2.16. The van der Waals surface area contributed by atoms with Crippen LogP contribution in [0.25, 0.3) is 22.8 Å². The summed E-state index contributed by atoms with van der Waals surface area (Å²) in [5.74, 6) is -0.752. The number of ether oxygens (including phenoxy) is 1. The van der Waals surface area contributed by atoms with Crippen molar-refractivity contribution in [3.8, 4) is 11.1 Å². The highest BCUT2D eigenvalue weighted by molar-refractivity contribution is 7.15. The summed E-state index contributed by atoms with van der Waals surface area (Å²) in [6.45, 7) is 2.01. The number of nitrogens with one attached hydrogen (secondary N) is 1. The van der Waals surface area contributed by atoms with Gasteiger partial charge in [0.2, 0.25) is 0 Å². The topological polar surface area (TPSA) is 55.4 Å². The molecule has 0 saturated heterocycles. The van der Waals surface area contributed by atoms with Crippen molar-refractivity contribution in [3.05, 3.63) is 113 Å². The molecule has 4 nitrogen and oxygen atoms in total. The van der Waals surface area contributed by atoms with E-state index in [4.69, 9.17) is 4.74 Å². The van der Waals surface area contributed by atoms with E-state index in [2.05, 4.69) is 5.32 Å². The van der Waals surface area contributed by atoms with Gasteiger partial charge in [-0.3, -0.25) is 4.79 Å². The van der Waals surface area contributed by atoms with Gasteiger partial charge in [0.15, 0.2) is 0 Å². The van der Waals surface area contributed by atoms with E-state index < -0.39 is 5.97 Å². The lowest BCUT2D eigenvalue weighted by atomic mass is 10.0. The smallest absolute Gasteiger partial charge is 0.341 e. The first-order chi connectivity index (χ1) is 16.2. The van der Waals surface area contributed by atoms with Gasteiger partial charge in [-0.15, -0.1) is 11.3 Å². The van der Waals surface area contributed by atoms with Crippen molar-refractivity contribution in [1.29, 1.82) is 0 Å². The number of esters is 1. The zero-order valence-electron chi connectivity index (χ0n) is 18.2. The predicted molar refractivity (Wildman–Crippen MR) is 135 cm³/mol. The van der Waals surface area contributed by atoms with Gasteiger partial charge in [0.25, 0.3) is 5.91 Å². The molecular weight excluding hydrogens is 430 g/mol. The van der Waals surface area contributed by atoms with Crippen molar-refractivity contribution < 1.29 is 14.3 Å². The highest BCUT2D eigenvalue weighted by atomic mass is 32.1. The summed E-state index contributed by atoms with van der Waals surface area (Å²) in [6.07, 6.45) is 1.85. The largest absolute Gasteiger partial charge is 0.462 e. The fraction of sp³-hybridized carbons (Fsp3) is 0.0714. The molecule has 1 N–H and O–H groups in total. The zero-order valence-corrected chi connectivity index (χ0v) is 19.0. The van der Waals surface area contributed by atoms with Gasteiger partial charge in [-0.05, 0) is 29.7 Å². The van der Waals surface area contributed by atoms with Crippen LogP contribution in [0, 0.1) is 0 Å². The summed E-state index contributed by atoms with van der Waals surface area (Å²) in [7, 11) is 0. The van der Waals surface area contributed by atoms with Crippen molar-refractivity contribution in [1.82, 2.24) is 0 Å². The van der Waals surface area contributed by atoms with Crippen LogP contribution in [0.5, 0.6) is 0 Å². The number of carbonyl (C=O) groups is 2. The van der Waals surface area contributed by atoms with Gasteiger partial charge in [-0.2, -0.15) is 0 Å². The maximum atomic E-state index is 13.5. The van der Waals surface area contributed by atoms with Crippen LogP contribution in [0.2, 0.25) is 0 Å². The molecule has 0 aliphatic heterocycles. The number of benzene rings is 3. The molecule has 0 saturated carbocycles. The Kier molecular flexibility index (Phi) is 7.12. The normalized spacial score (nSPS) is 11.1. The van der Waals surface area contributed by atoms with Crippen LogP contribution in [0.15, 0.2) is 96.4 Å². The molecule has 4 aromatic rings. The van der Waals surface area contributed by atoms with Crippen molar-refractivity contribution in [2.24, 2.45) is 0 Å². The fourth-order valence-corrected chi connectivity index (χ4v) is 4.42. The van der Waals surface area contributed by atoms with E-state index in [0.717, 1.165) is 22.3 Å². The minimum atomic E-state index is -0.457. The molecule has 0 aliphatic rings. The Morgan fingerprint density at radius 1 is 0.879 bits per heavy atom. The van der Waals surface area contributed by atoms with E-state index in [0.29, 0.717) is 16.1 Å². The molecule has 3 aromatic carbocycles.